The second-order valence-electron chi connectivity index (χ2n) is 8.23. The molecule has 8 heteroatoms. The van der Waals surface area contributed by atoms with Crippen molar-refractivity contribution in [3.8, 4) is 0 Å². The van der Waals surface area contributed by atoms with Gasteiger partial charge in [-0.05, 0) is 44.4 Å². The highest BCUT2D eigenvalue weighted by Gasteiger charge is 2.32. The summed E-state index contributed by atoms with van der Waals surface area (Å²) < 4.78 is 10.8. The normalized spacial score (nSPS) is 21.2. The molecule has 1 aromatic carbocycles. The quantitative estimate of drug-likeness (QED) is 0.693. The highest BCUT2D eigenvalue weighted by molar-refractivity contribution is 5.79. The molecular formula is C22H27N5O3. The molecule has 0 aliphatic carbocycles. The Morgan fingerprint density at radius 2 is 2.00 bits per heavy atom. The number of hydrogen-bond donors (Lipinski definition) is 1. The summed E-state index contributed by atoms with van der Waals surface area (Å²) >= 11 is 0. The number of para-hydroxylation sites is 2. The molecule has 0 bridgehead atoms. The molecule has 1 atom stereocenters. The zero-order valence-electron chi connectivity index (χ0n) is 17.0. The van der Waals surface area contributed by atoms with Crippen molar-refractivity contribution >= 4 is 23.0 Å². The summed E-state index contributed by atoms with van der Waals surface area (Å²) in [5.41, 5.74) is 2.50. The Hall–Kier alpha value is -2.87. The van der Waals surface area contributed by atoms with Crippen molar-refractivity contribution in [1.82, 2.24) is 20.4 Å². The van der Waals surface area contributed by atoms with Gasteiger partial charge in [0.05, 0.1) is 12.5 Å². The van der Waals surface area contributed by atoms with Crippen molar-refractivity contribution < 1.29 is 13.7 Å². The largest absolute Gasteiger partial charge is 0.423 e. The van der Waals surface area contributed by atoms with E-state index in [1.165, 1.54) is 6.26 Å². The number of anilines is 1. The molecule has 8 nitrogen and oxygen atoms in total. The summed E-state index contributed by atoms with van der Waals surface area (Å²) in [5, 5.41) is 6.85. The average Bonchev–Trinajstić information content (AvgIpc) is 3.47. The van der Waals surface area contributed by atoms with Gasteiger partial charge in [-0.1, -0.05) is 17.3 Å². The third-order valence-corrected chi connectivity index (χ3v) is 6.29. The lowest BCUT2D eigenvalue weighted by molar-refractivity contribution is -0.127. The molecule has 0 unspecified atom stereocenters. The van der Waals surface area contributed by atoms with Gasteiger partial charge in [-0.3, -0.25) is 9.69 Å². The molecule has 2 aromatic heterocycles. The number of likely N-dealkylation sites (tertiary alicyclic amines) is 1. The van der Waals surface area contributed by atoms with Gasteiger partial charge in [0.2, 0.25) is 5.91 Å². The van der Waals surface area contributed by atoms with Crippen LogP contribution in [0.25, 0.3) is 11.1 Å². The fourth-order valence-electron chi connectivity index (χ4n) is 4.62. The van der Waals surface area contributed by atoms with E-state index >= 15 is 0 Å². The van der Waals surface area contributed by atoms with Crippen LogP contribution in [0.2, 0.25) is 0 Å². The summed E-state index contributed by atoms with van der Waals surface area (Å²) in [4.78, 5) is 22.0. The van der Waals surface area contributed by atoms with Crippen LogP contribution < -0.4 is 10.2 Å². The van der Waals surface area contributed by atoms with Gasteiger partial charge >= 0.3 is 0 Å². The maximum Gasteiger partial charge on any atom is 0.298 e. The number of benzene rings is 1. The van der Waals surface area contributed by atoms with Gasteiger partial charge in [0, 0.05) is 31.7 Å². The van der Waals surface area contributed by atoms with Gasteiger partial charge in [-0.15, -0.1) is 0 Å². The molecule has 1 amide bonds. The number of carbonyl (C=O) groups excluding carboxylic acids is 1. The molecule has 2 fully saturated rings. The van der Waals surface area contributed by atoms with E-state index in [0.717, 1.165) is 74.7 Å². The number of piperidine rings is 2. The van der Waals surface area contributed by atoms with Crippen molar-refractivity contribution in [3.05, 3.63) is 42.3 Å². The van der Waals surface area contributed by atoms with Crippen LogP contribution in [0.15, 0.2) is 45.5 Å². The van der Waals surface area contributed by atoms with Gasteiger partial charge < -0.3 is 19.2 Å². The first-order chi connectivity index (χ1) is 14.8. The van der Waals surface area contributed by atoms with Crippen LogP contribution in [0.3, 0.4) is 0 Å². The van der Waals surface area contributed by atoms with Crippen LogP contribution in [-0.4, -0.2) is 53.2 Å². The highest BCUT2D eigenvalue weighted by atomic mass is 16.5. The number of carbonyl (C=O) groups is 1. The number of rotatable bonds is 5. The molecule has 2 aliphatic heterocycles. The average molecular weight is 409 g/mol. The van der Waals surface area contributed by atoms with E-state index in [1.54, 1.807) is 6.07 Å². The van der Waals surface area contributed by atoms with Crippen molar-refractivity contribution in [3.63, 3.8) is 0 Å². The number of hydrogen-bond acceptors (Lipinski definition) is 7. The van der Waals surface area contributed by atoms with Gasteiger partial charge in [-0.2, -0.15) is 4.98 Å². The van der Waals surface area contributed by atoms with E-state index in [0.29, 0.717) is 12.6 Å². The fraction of sp³-hybridized carbons (Fsp3) is 0.500. The molecule has 3 aromatic rings. The smallest absolute Gasteiger partial charge is 0.298 e. The third-order valence-electron chi connectivity index (χ3n) is 6.29. The van der Waals surface area contributed by atoms with Crippen LogP contribution >= 0.6 is 0 Å². The van der Waals surface area contributed by atoms with Crippen molar-refractivity contribution in [2.75, 3.05) is 31.1 Å². The van der Waals surface area contributed by atoms with E-state index in [4.69, 9.17) is 8.94 Å². The summed E-state index contributed by atoms with van der Waals surface area (Å²) in [6, 6.07) is 10.9. The summed E-state index contributed by atoms with van der Waals surface area (Å²) in [5.74, 6) is 0.160. The number of nitrogens with one attached hydrogen (secondary N) is 1. The maximum atomic E-state index is 12.6. The molecule has 0 saturated carbocycles. The first-order valence-corrected chi connectivity index (χ1v) is 10.8. The molecule has 30 heavy (non-hydrogen) atoms. The molecule has 1 N–H and O–H groups in total. The van der Waals surface area contributed by atoms with Crippen LogP contribution in [0.5, 0.6) is 0 Å². The lowest BCUT2D eigenvalue weighted by Gasteiger charge is -2.41. The van der Waals surface area contributed by atoms with Gasteiger partial charge in [-0.25, -0.2) is 0 Å². The molecular weight excluding hydrogens is 382 g/mol. The number of aromatic nitrogens is 2. The molecule has 158 valence electrons. The molecule has 0 radical (unpaired) electrons. The lowest BCUT2D eigenvalue weighted by atomic mass is 9.93. The van der Waals surface area contributed by atoms with E-state index in [2.05, 4.69) is 25.3 Å². The van der Waals surface area contributed by atoms with Gasteiger partial charge in [0.15, 0.2) is 5.58 Å². The highest BCUT2D eigenvalue weighted by Crippen LogP contribution is 2.28. The molecule has 4 heterocycles. The molecule has 2 saturated heterocycles. The van der Waals surface area contributed by atoms with E-state index in [-0.39, 0.29) is 11.8 Å². The first kappa shape index (κ1) is 19.1. The van der Waals surface area contributed by atoms with Gasteiger partial charge in [0.1, 0.15) is 17.5 Å². The maximum absolute atomic E-state index is 12.6. The Labute approximate surface area is 175 Å². The number of fused-ring (bicyclic) bond motifs is 1. The predicted molar refractivity (Wildman–Crippen MR) is 112 cm³/mol. The SMILES string of the molecule is O=C(NCc1ccon1)[C@@H]1CCCN(C2CCN(c3nc4ccccc4o3)CC2)C1. The Balaban J connectivity index is 1.14. The molecule has 0 spiro atoms. The second kappa shape index (κ2) is 8.47. The lowest BCUT2D eigenvalue weighted by Crippen LogP contribution is -2.50. The molecule has 2 aliphatic rings. The Morgan fingerprint density at radius 1 is 1.13 bits per heavy atom. The van der Waals surface area contributed by atoms with Crippen LogP contribution in [0.4, 0.5) is 6.01 Å². The standard InChI is InChI=1S/C22H27N5O3/c28-21(23-14-17-9-13-29-25-17)16-4-3-10-27(15-16)18-7-11-26(12-8-18)22-24-19-5-1-2-6-20(19)30-22/h1-2,5-6,9,13,16,18H,3-4,7-8,10-12,14-15H2,(H,23,28)/t16-/m1/s1. The predicted octanol–water partition coefficient (Wildman–Crippen LogP) is 2.81. The minimum absolute atomic E-state index is 0.0423. The fourth-order valence-corrected chi connectivity index (χ4v) is 4.62. The summed E-state index contributed by atoms with van der Waals surface area (Å²) in [7, 11) is 0. The first-order valence-electron chi connectivity index (χ1n) is 10.8. The van der Waals surface area contributed by atoms with E-state index in [9.17, 15) is 4.79 Å². The number of nitrogens with zero attached hydrogens (tertiary/aromatic N) is 4. The van der Waals surface area contributed by atoms with Crippen molar-refractivity contribution in [2.45, 2.75) is 38.3 Å². The zero-order chi connectivity index (χ0) is 20.3. The Bertz CT molecular complexity index is 945. The minimum Gasteiger partial charge on any atom is -0.423 e. The van der Waals surface area contributed by atoms with E-state index in [1.807, 2.05) is 24.3 Å². The topological polar surface area (TPSA) is 87.6 Å². The zero-order valence-corrected chi connectivity index (χ0v) is 17.0. The van der Waals surface area contributed by atoms with Crippen LogP contribution in [0.1, 0.15) is 31.4 Å². The monoisotopic (exact) mass is 409 g/mol. The van der Waals surface area contributed by atoms with Crippen molar-refractivity contribution in [1.29, 1.82) is 0 Å². The number of oxazole rings is 1. The summed E-state index contributed by atoms with van der Waals surface area (Å²) in [6.45, 7) is 4.18. The van der Waals surface area contributed by atoms with Crippen LogP contribution in [0, 0.1) is 5.92 Å². The molecule has 5 rings (SSSR count). The second-order valence-corrected chi connectivity index (χ2v) is 8.23. The van der Waals surface area contributed by atoms with Gasteiger partial charge in [0.25, 0.3) is 6.01 Å². The van der Waals surface area contributed by atoms with Crippen LogP contribution in [-0.2, 0) is 11.3 Å². The Morgan fingerprint density at radius 3 is 2.80 bits per heavy atom. The minimum atomic E-state index is 0.0423. The summed E-state index contributed by atoms with van der Waals surface area (Å²) in [6.07, 6.45) is 5.66. The third kappa shape index (κ3) is 4.05. The Kier molecular flexibility index (Phi) is 5.40. The number of amides is 1. The van der Waals surface area contributed by atoms with E-state index < -0.39 is 0 Å². The van der Waals surface area contributed by atoms with Crippen molar-refractivity contribution in [2.24, 2.45) is 5.92 Å².